The van der Waals surface area contributed by atoms with Crippen LogP contribution < -0.4 is 0 Å². The molecule has 0 aromatic heterocycles. The lowest BCUT2D eigenvalue weighted by molar-refractivity contribution is 0.215. The highest BCUT2D eigenvalue weighted by atomic mass is 16.5. The molecule has 0 amide bonds. The van der Waals surface area contributed by atoms with Crippen molar-refractivity contribution in [3.05, 3.63) is 0 Å². The first-order valence-corrected chi connectivity index (χ1v) is 4.22. The number of ether oxygens (including phenoxy) is 2. The Morgan fingerprint density at radius 3 is 0.786 bits per heavy atom. The first-order valence-electron chi connectivity index (χ1n) is 4.22. The molecule has 0 saturated carbocycles. The Morgan fingerprint density at radius 2 is 0.786 bits per heavy atom. The molecule has 0 spiro atoms. The predicted molar refractivity (Wildman–Crippen MR) is 73.4 cm³/mol. The minimum absolute atomic E-state index is 0. The molecule has 0 radical (unpaired) electrons. The third kappa shape index (κ3) is 1680. The Bertz CT molecular complexity index is 15.8. The van der Waals surface area contributed by atoms with E-state index in [2.05, 4.69) is 9.47 Å². The van der Waals surface area contributed by atoms with E-state index in [0.29, 0.717) is 0 Å². The van der Waals surface area contributed by atoms with Crippen LogP contribution in [0.15, 0.2) is 0 Å². The summed E-state index contributed by atoms with van der Waals surface area (Å²) in [5.74, 6) is 0. The van der Waals surface area contributed by atoms with Crippen molar-refractivity contribution in [1.82, 2.24) is 0 Å². The van der Waals surface area contributed by atoms with Gasteiger partial charge in [0.15, 0.2) is 0 Å². The zero-order chi connectivity index (χ0) is 10.1. The zero-order valence-corrected chi connectivity index (χ0v) is 9.52. The molecule has 0 unspecified atom stereocenters. The van der Waals surface area contributed by atoms with Gasteiger partial charge in [-0.15, -0.1) is 0 Å². The zero-order valence-electron chi connectivity index (χ0n) is 9.52. The van der Waals surface area contributed by atoms with E-state index in [-0.39, 0.29) is 22.3 Å². The molecule has 2 heteroatoms. The summed E-state index contributed by atoms with van der Waals surface area (Å²) in [6, 6.07) is 0. The maximum absolute atomic E-state index is 4.54. The van der Waals surface area contributed by atoms with Crippen molar-refractivity contribution in [2.75, 3.05) is 27.9 Å². The Morgan fingerprint density at radius 1 is 0.714 bits per heavy atom. The highest BCUT2D eigenvalue weighted by molar-refractivity contribution is 3.94. The lowest BCUT2D eigenvalue weighted by Gasteiger charge is -1.76. The van der Waals surface area contributed by atoms with Crippen LogP contribution in [0, 0.1) is 0 Å². The molecule has 0 fully saturated rings. The van der Waals surface area contributed by atoms with Crippen LogP contribution in [-0.2, 0) is 9.47 Å². The quantitative estimate of drug-likeness (QED) is 0.619. The van der Waals surface area contributed by atoms with Crippen LogP contribution in [-0.4, -0.2) is 27.9 Å². The van der Waals surface area contributed by atoms with Crippen molar-refractivity contribution in [1.29, 1.82) is 0 Å². The van der Waals surface area contributed by atoms with Crippen molar-refractivity contribution >= 4 is 0 Å². The SMILES string of the molecule is C.C.C.CC.CC.CCOC.COC. The molecule has 98 valence electrons. The summed E-state index contributed by atoms with van der Waals surface area (Å²) in [7, 11) is 4.93. The Kier molecular flexibility index (Phi) is 746. The van der Waals surface area contributed by atoms with Gasteiger partial charge in [0.2, 0.25) is 0 Å². The van der Waals surface area contributed by atoms with Gasteiger partial charge in [-0.05, 0) is 6.92 Å². The molecule has 14 heavy (non-hydrogen) atoms. The second-order valence-corrected chi connectivity index (χ2v) is 0.986. The average Bonchev–Trinajstić information content (AvgIpc) is 2.12. The minimum atomic E-state index is 0. The van der Waals surface area contributed by atoms with Crippen molar-refractivity contribution in [3.63, 3.8) is 0 Å². The van der Waals surface area contributed by atoms with Crippen LogP contribution in [0.2, 0.25) is 0 Å². The van der Waals surface area contributed by atoms with Crippen molar-refractivity contribution in [2.24, 2.45) is 0 Å². The normalized spacial score (nSPS) is 4.29. The van der Waals surface area contributed by atoms with Gasteiger partial charge in [-0.25, -0.2) is 0 Å². The molecule has 0 bridgehead atoms. The van der Waals surface area contributed by atoms with Gasteiger partial charge in [-0.1, -0.05) is 50.0 Å². The van der Waals surface area contributed by atoms with Gasteiger partial charge in [0, 0.05) is 27.9 Å². The van der Waals surface area contributed by atoms with Gasteiger partial charge >= 0.3 is 0 Å². The number of rotatable bonds is 1. The van der Waals surface area contributed by atoms with Crippen LogP contribution in [0.3, 0.4) is 0 Å². The summed E-state index contributed by atoms with van der Waals surface area (Å²) >= 11 is 0. The summed E-state index contributed by atoms with van der Waals surface area (Å²) in [6.07, 6.45) is 0. The number of hydrogen-bond acceptors (Lipinski definition) is 2. The number of hydrogen-bond donors (Lipinski definition) is 0. The van der Waals surface area contributed by atoms with E-state index in [1.54, 1.807) is 21.3 Å². The summed E-state index contributed by atoms with van der Waals surface area (Å²) in [4.78, 5) is 0. The van der Waals surface area contributed by atoms with Crippen molar-refractivity contribution in [3.8, 4) is 0 Å². The molecule has 0 saturated heterocycles. The molecule has 0 aromatic rings. The molecule has 0 aliphatic heterocycles. The summed E-state index contributed by atoms with van der Waals surface area (Å²) in [5.41, 5.74) is 0. The van der Waals surface area contributed by atoms with Gasteiger partial charge in [-0.2, -0.15) is 0 Å². The van der Waals surface area contributed by atoms with Crippen LogP contribution in [0.5, 0.6) is 0 Å². The van der Waals surface area contributed by atoms with Gasteiger partial charge in [0.05, 0.1) is 0 Å². The smallest absolute Gasteiger partial charge is 0.0433 e. The van der Waals surface area contributed by atoms with E-state index in [9.17, 15) is 0 Å². The second-order valence-electron chi connectivity index (χ2n) is 0.986. The first kappa shape index (κ1) is 48.5. The van der Waals surface area contributed by atoms with Crippen molar-refractivity contribution < 1.29 is 9.47 Å². The molecule has 0 aliphatic carbocycles. The molecule has 0 aliphatic rings. The van der Waals surface area contributed by atoms with Gasteiger partial charge in [-0.3, -0.25) is 0 Å². The minimum Gasteiger partial charge on any atom is -0.388 e. The topological polar surface area (TPSA) is 18.5 Å². The van der Waals surface area contributed by atoms with E-state index in [1.165, 1.54) is 0 Å². The van der Waals surface area contributed by atoms with Crippen LogP contribution in [0.4, 0.5) is 0 Å². The molecule has 0 aromatic carbocycles. The van der Waals surface area contributed by atoms with Gasteiger partial charge in [0.25, 0.3) is 0 Å². The molecule has 0 atom stereocenters. The highest BCUT2D eigenvalue weighted by Crippen LogP contribution is 1.52. The summed E-state index contributed by atoms with van der Waals surface area (Å²) < 4.78 is 8.79. The number of methoxy groups -OCH3 is 2. The lowest BCUT2D eigenvalue weighted by atomic mass is 10.9. The van der Waals surface area contributed by atoms with E-state index < -0.39 is 0 Å². The standard InChI is InChI=1S/C3H8O.C2H6O.2C2H6.3CH4/c1-3-4-2;1-3-2;2*1-2;;;/h3H2,1-2H3;1-2H3;2*1-2H3;3*1H4. The molecule has 0 N–H and O–H groups in total. The maximum Gasteiger partial charge on any atom is 0.0433 e. The highest BCUT2D eigenvalue weighted by Gasteiger charge is 1.51. The second kappa shape index (κ2) is 215. The van der Waals surface area contributed by atoms with E-state index in [4.69, 9.17) is 0 Å². The van der Waals surface area contributed by atoms with Crippen molar-refractivity contribution in [2.45, 2.75) is 56.9 Å². The summed E-state index contributed by atoms with van der Waals surface area (Å²) in [6.45, 7) is 10.8. The van der Waals surface area contributed by atoms with E-state index >= 15 is 0 Å². The third-order valence-corrected chi connectivity index (χ3v) is 0.289. The predicted octanol–water partition coefficient (Wildman–Crippen LogP) is 4.88. The monoisotopic (exact) mass is 214 g/mol. The average molecular weight is 214 g/mol. The summed E-state index contributed by atoms with van der Waals surface area (Å²) in [5, 5.41) is 0. The van der Waals surface area contributed by atoms with Gasteiger partial charge in [0.1, 0.15) is 0 Å². The molecular formula is C12H38O2. The van der Waals surface area contributed by atoms with Gasteiger partial charge < -0.3 is 9.47 Å². The molecule has 2 nitrogen and oxygen atoms in total. The molecule has 0 rings (SSSR count). The third-order valence-electron chi connectivity index (χ3n) is 0.289. The van der Waals surface area contributed by atoms with Crippen LogP contribution in [0.1, 0.15) is 56.9 Å². The largest absolute Gasteiger partial charge is 0.388 e. The fourth-order valence-corrected chi connectivity index (χ4v) is 0. The fourth-order valence-electron chi connectivity index (χ4n) is 0. The van der Waals surface area contributed by atoms with Crippen LogP contribution >= 0.6 is 0 Å². The fraction of sp³-hybridized carbons (Fsp3) is 1.00. The Balaban J connectivity index is -0.00000000908. The Labute approximate surface area is 95.0 Å². The lowest BCUT2D eigenvalue weighted by Crippen LogP contribution is -1.73. The molecular weight excluding hydrogens is 176 g/mol. The Hall–Kier alpha value is -0.0800. The maximum atomic E-state index is 4.54. The first-order chi connectivity index (χ1) is 5.33. The van der Waals surface area contributed by atoms with E-state index in [0.717, 1.165) is 6.61 Å². The van der Waals surface area contributed by atoms with Crippen LogP contribution in [0.25, 0.3) is 0 Å². The van der Waals surface area contributed by atoms with E-state index in [1.807, 2.05) is 34.6 Å². The molecule has 0 heterocycles.